The smallest absolute Gasteiger partial charge is 0.159 e. The van der Waals surface area contributed by atoms with Crippen molar-refractivity contribution >= 4 is 0 Å². The lowest BCUT2D eigenvalue weighted by molar-refractivity contribution is 0.503. The standard InChI is InChI=1S/C12H14F2N4/c1-3-15-12(11-7-16-18(2)17-11)8-4-5-9(13)10(14)6-8/h4-7,12,15H,3H2,1-2H3. The summed E-state index contributed by atoms with van der Waals surface area (Å²) in [6.07, 6.45) is 1.61. The van der Waals surface area contributed by atoms with E-state index in [1.165, 1.54) is 10.9 Å². The van der Waals surface area contributed by atoms with Crippen molar-refractivity contribution in [2.75, 3.05) is 6.54 Å². The van der Waals surface area contributed by atoms with Gasteiger partial charge in [0.25, 0.3) is 0 Å². The fourth-order valence-electron chi connectivity index (χ4n) is 1.78. The molecular weight excluding hydrogens is 238 g/mol. The van der Waals surface area contributed by atoms with E-state index in [1.807, 2.05) is 6.92 Å². The lowest BCUT2D eigenvalue weighted by Gasteiger charge is -2.15. The van der Waals surface area contributed by atoms with E-state index in [2.05, 4.69) is 15.5 Å². The molecule has 0 radical (unpaired) electrons. The Morgan fingerprint density at radius 2 is 2.11 bits per heavy atom. The van der Waals surface area contributed by atoms with Gasteiger partial charge in [0.15, 0.2) is 11.6 Å². The first kappa shape index (κ1) is 12.6. The second-order valence-electron chi connectivity index (χ2n) is 3.92. The first-order valence-corrected chi connectivity index (χ1v) is 5.66. The zero-order valence-electron chi connectivity index (χ0n) is 10.2. The molecule has 0 spiro atoms. The summed E-state index contributed by atoms with van der Waals surface area (Å²) in [5, 5.41) is 11.3. The minimum atomic E-state index is -0.862. The number of aromatic nitrogens is 3. The van der Waals surface area contributed by atoms with Gasteiger partial charge in [-0.15, -0.1) is 0 Å². The number of nitrogens with one attached hydrogen (secondary N) is 1. The highest BCUT2D eigenvalue weighted by atomic mass is 19.2. The van der Waals surface area contributed by atoms with Gasteiger partial charge in [-0.2, -0.15) is 15.0 Å². The van der Waals surface area contributed by atoms with E-state index in [9.17, 15) is 8.78 Å². The molecule has 0 bridgehead atoms. The van der Waals surface area contributed by atoms with Crippen molar-refractivity contribution < 1.29 is 8.78 Å². The van der Waals surface area contributed by atoms with E-state index in [0.717, 1.165) is 6.07 Å². The first-order valence-electron chi connectivity index (χ1n) is 5.66. The van der Waals surface area contributed by atoms with Crippen molar-refractivity contribution in [3.8, 4) is 0 Å². The van der Waals surface area contributed by atoms with Gasteiger partial charge in [-0.25, -0.2) is 8.78 Å². The van der Waals surface area contributed by atoms with Crippen molar-refractivity contribution in [3.05, 3.63) is 47.3 Å². The summed E-state index contributed by atoms with van der Waals surface area (Å²) in [5.74, 6) is -1.72. The highest BCUT2D eigenvalue weighted by molar-refractivity contribution is 5.27. The molecule has 1 unspecified atom stereocenters. The molecule has 1 atom stereocenters. The maximum Gasteiger partial charge on any atom is 0.159 e. The molecule has 1 aromatic carbocycles. The summed E-state index contributed by atoms with van der Waals surface area (Å²) in [6.45, 7) is 2.61. The number of aryl methyl sites for hydroxylation is 1. The molecule has 0 saturated carbocycles. The molecular formula is C12H14F2N4. The van der Waals surface area contributed by atoms with Gasteiger partial charge < -0.3 is 5.32 Å². The van der Waals surface area contributed by atoms with Gasteiger partial charge in [-0.1, -0.05) is 13.0 Å². The fourth-order valence-corrected chi connectivity index (χ4v) is 1.78. The number of hydrogen-bond donors (Lipinski definition) is 1. The van der Waals surface area contributed by atoms with Crippen LogP contribution in [0.4, 0.5) is 8.78 Å². The third-order valence-corrected chi connectivity index (χ3v) is 2.60. The SMILES string of the molecule is CCNC(c1ccc(F)c(F)c1)c1cnn(C)n1. The number of hydrogen-bond acceptors (Lipinski definition) is 3. The minimum Gasteiger partial charge on any atom is -0.305 e. The molecule has 0 fully saturated rings. The Labute approximate surface area is 104 Å². The number of rotatable bonds is 4. The van der Waals surface area contributed by atoms with Crippen LogP contribution in [0.5, 0.6) is 0 Å². The van der Waals surface area contributed by atoms with Crippen molar-refractivity contribution in [2.24, 2.45) is 7.05 Å². The van der Waals surface area contributed by atoms with Gasteiger partial charge in [0, 0.05) is 7.05 Å². The van der Waals surface area contributed by atoms with Gasteiger partial charge in [-0.05, 0) is 24.2 Å². The zero-order valence-corrected chi connectivity index (χ0v) is 10.2. The molecule has 0 aliphatic heterocycles. The molecule has 0 saturated heterocycles. The van der Waals surface area contributed by atoms with E-state index in [4.69, 9.17) is 0 Å². The lowest BCUT2D eigenvalue weighted by atomic mass is 10.0. The van der Waals surface area contributed by atoms with Crippen molar-refractivity contribution in [3.63, 3.8) is 0 Å². The molecule has 1 aromatic heterocycles. The van der Waals surface area contributed by atoms with Crippen LogP contribution in [0, 0.1) is 11.6 Å². The molecule has 2 rings (SSSR count). The third-order valence-electron chi connectivity index (χ3n) is 2.60. The monoisotopic (exact) mass is 252 g/mol. The van der Waals surface area contributed by atoms with Crippen LogP contribution in [0.3, 0.4) is 0 Å². The fraction of sp³-hybridized carbons (Fsp3) is 0.333. The normalized spacial score (nSPS) is 12.7. The molecule has 1 heterocycles. The van der Waals surface area contributed by atoms with Crippen LogP contribution < -0.4 is 5.32 Å². The van der Waals surface area contributed by atoms with Crippen molar-refractivity contribution in [1.29, 1.82) is 0 Å². The number of nitrogens with zero attached hydrogens (tertiary/aromatic N) is 3. The lowest BCUT2D eigenvalue weighted by Crippen LogP contribution is -2.22. The molecule has 0 amide bonds. The van der Waals surface area contributed by atoms with E-state index in [1.54, 1.807) is 19.3 Å². The Balaban J connectivity index is 2.37. The Kier molecular flexibility index (Phi) is 3.66. The summed E-state index contributed by atoms with van der Waals surface area (Å²) >= 11 is 0. The van der Waals surface area contributed by atoms with Crippen molar-refractivity contribution in [1.82, 2.24) is 20.3 Å². The largest absolute Gasteiger partial charge is 0.305 e. The predicted molar refractivity (Wildman–Crippen MR) is 62.9 cm³/mol. The molecule has 1 N–H and O–H groups in total. The third kappa shape index (κ3) is 2.53. The highest BCUT2D eigenvalue weighted by Gasteiger charge is 2.17. The first-order chi connectivity index (χ1) is 8.61. The summed E-state index contributed by atoms with van der Waals surface area (Å²) < 4.78 is 26.2. The number of benzene rings is 1. The molecule has 0 aliphatic rings. The number of halogens is 2. The van der Waals surface area contributed by atoms with Crippen LogP contribution in [0.1, 0.15) is 24.2 Å². The quantitative estimate of drug-likeness (QED) is 0.902. The summed E-state index contributed by atoms with van der Waals surface area (Å²) in [5.41, 5.74) is 1.29. The van der Waals surface area contributed by atoms with Crippen molar-refractivity contribution in [2.45, 2.75) is 13.0 Å². The maximum absolute atomic E-state index is 13.3. The topological polar surface area (TPSA) is 42.7 Å². The average Bonchev–Trinajstić information content (AvgIpc) is 2.76. The molecule has 0 aliphatic carbocycles. The second kappa shape index (κ2) is 5.22. The summed E-state index contributed by atoms with van der Waals surface area (Å²) in [6, 6.07) is 3.54. The van der Waals surface area contributed by atoms with E-state index in [0.29, 0.717) is 17.8 Å². The second-order valence-corrected chi connectivity index (χ2v) is 3.92. The van der Waals surface area contributed by atoms with Gasteiger partial charge >= 0.3 is 0 Å². The molecule has 4 nitrogen and oxygen atoms in total. The van der Waals surface area contributed by atoms with Gasteiger partial charge in [0.2, 0.25) is 0 Å². The van der Waals surface area contributed by atoms with Crippen LogP contribution in [-0.2, 0) is 7.05 Å². The Morgan fingerprint density at radius 3 is 2.67 bits per heavy atom. The molecule has 6 heteroatoms. The van der Waals surface area contributed by atoms with Crippen LogP contribution >= 0.6 is 0 Å². The van der Waals surface area contributed by atoms with Crippen LogP contribution in [-0.4, -0.2) is 21.5 Å². The van der Waals surface area contributed by atoms with Gasteiger partial charge in [0.1, 0.15) is 5.69 Å². The molecule has 2 aromatic rings. The van der Waals surface area contributed by atoms with Crippen LogP contribution in [0.15, 0.2) is 24.4 Å². The summed E-state index contributed by atoms with van der Waals surface area (Å²) in [7, 11) is 1.71. The Morgan fingerprint density at radius 1 is 1.33 bits per heavy atom. The maximum atomic E-state index is 13.3. The predicted octanol–water partition coefficient (Wildman–Crippen LogP) is 1.79. The summed E-state index contributed by atoms with van der Waals surface area (Å²) in [4.78, 5) is 1.43. The molecule has 18 heavy (non-hydrogen) atoms. The minimum absolute atomic E-state index is 0.293. The average molecular weight is 252 g/mol. The van der Waals surface area contributed by atoms with E-state index >= 15 is 0 Å². The van der Waals surface area contributed by atoms with Crippen LogP contribution in [0.25, 0.3) is 0 Å². The van der Waals surface area contributed by atoms with E-state index < -0.39 is 11.6 Å². The van der Waals surface area contributed by atoms with Crippen LogP contribution in [0.2, 0.25) is 0 Å². The Hall–Kier alpha value is -1.82. The van der Waals surface area contributed by atoms with Gasteiger partial charge in [0.05, 0.1) is 12.2 Å². The Bertz CT molecular complexity index is 539. The van der Waals surface area contributed by atoms with Gasteiger partial charge in [-0.3, -0.25) is 0 Å². The highest BCUT2D eigenvalue weighted by Crippen LogP contribution is 2.21. The zero-order chi connectivity index (χ0) is 13.1. The molecule has 96 valence electrons. The van der Waals surface area contributed by atoms with E-state index in [-0.39, 0.29) is 6.04 Å².